The Labute approximate surface area is 173 Å². The first-order valence-electron chi connectivity index (χ1n) is 9.42. The number of hydrogen-bond acceptors (Lipinski definition) is 5. The van der Waals surface area contributed by atoms with Crippen LogP contribution in [0.3, 0.4) is 0 Å². The zero-order valence-electron chi connectivity index (χ0n) is 16.1. The van der Waals surface area contributed by atoms with Gasteiger partial charge in [-0.05, 0) is 48.7 Å². The standard InChI is InChI=1S/C22H21N3O3S/c1-28-18-10-8-16(9-11-18)21(27)24-22-23-17(14-29-22)13-20(26)25-12-4-6-15-5-2-3-7-19(15)25/h2-3,5,7-11,14H,4,6,12-13H2,1H3,(H,23,24,27). The molecule has 148 valence electrons. The van der Waals surface area contributed by atoms with E-state index in [1.165, 1.54) is 16.9 Å². The number of aryl methyl sites for hydroxylation is 1. The van der Waals surface area contributed by atoms with Gasteiger partial charge in [-0.15, -0.1) is 11.3 Å². The molecule has 29 heavy (non-hydrogen) atoms. The summed E-state index contributed by atoms with van der Waals surface area (Å²) in [5, 5.41) is 5.08. The second-order valence-corrected chi connectivity index (χ2v) is 7.64. The van der Waals surface area contributed by atoms with Crippen molar-refractivity contribution in [3.05, 3.63) is 70.7 Å². The van der Waals surface area contributed by atoms with Crippen LogP contribution in [0.2, 0.25) is 0 Å². The van der Waals surface area contributed by atoms with E-state index >= 15 is 0 Å². The Morgan fingerprint density at radius 2 is 1.97 bits per heavy atom. The molecule has 0 atom stereocenters. The van der Waals surface area contributed by atoms with Crippen LogP contribution < -0.4 is 15.0 Å². The number of nitrogens with one attached hydrogen (secondary N) is 1. The number of methoxy groups -OCH3 is 1. The molecule has 0 unspecified atom stereocenters. The lowest BCUT2D eigenvalue weighted by atomic mass is 10.0. The Hall–Kier alpha value is -3.19. The quantitative estimate of drug-likeness (QED) is 0.696. The minimum absolute atomic E-state index is 0.0236. The van der Waals surface area contributed by atoms with Gasteiger partial charge in [-0.3, -0.25) is 14.9 Å². The highest BCUT2D eigenvalue weighted by atomic mass is 32.1. The number of rotatable bonds is 5. The highest BCUT2D eigenvalue weighted by Gasteiger charge is 2.23. The minimum atomic E-state index is -0.246. The Morgan fingerprint density at radius 1 is 1.17 bits per heavy atom. The molecule has 1 aromatic heterocycles. The minimum Gasteiger partial charge on any atom is -0.497 e. The van der Waals surface area contributed by atoms with Crippen molar-refractivity contribution in [2.45, 2.75) is 19.3 Å². The fraction of sp³-hybridized carbons (Fsp3) is 0.227. The first-order chi connectivity index (χ1) is 14.1. The number of carbonyl (C=O) groups excluding carboxylic acids is 2. The molecule has 7 heteroatoms. The lowest BCUT2D eigenvalue weighted by Crippen LogP contribution is -2.36. The van der Waals surface area contributed by atoms with E-state index < -0.39 is 0 Å². The van der Waals surface area contributed by atoms with Crippen molar-refractivity contribution < 1.29 is 14.3 Å². The van der Waals surface area contributed by atoms with Gasteiger partial charge in [-0.1, -0.05) is 18.2 Å². The van der Waals surface area contributed by atoms with E-state index in [1.807, 2.05) is 28.5 Å². The van der Waals surface area contributed by atoms with Crippen LogP contribution in [0.1, 0.15) is 28.0 Å². The third-order valence-electron chi connectivity index (χ3n) is 4.87. The molecule has 2 heterocycles. The average Bonchev–Trinajstić information content (AvgIpc) is 3.19. The summed E-state index contributed by atoms with van der Waals surface area (Å²) in [5.74, 6) is 0.469. The number of amides is 2. The maximum Gasteiger partial charge on any atom is 0.257 e. The molecule has 1 aliphatic rings. The van der Waals surface area contributed by atoms with Gasteiger partial charge in [0.1, 0.15) is 5.75 Å². The van der Waals surface area contributed by atoms with E-state index in [9.17, 15) is 9.59 Å². The number of ether oxygens (including phenoxy) is 1. The van der Waals surface area contributed by atoms with Crippen LogP contribution in [0.15, 0.2) is 53.9 Å². The molecule has 2 aromatic carbocycles. The van der Waals surface area contributed by atoms with Gasteiger partial charge in [0.05, 0.1) is 19.2 Å². The van der Waals surface area contributed by atoms with Gasteiger partial charge >= 0.3 is 0 Å². The van der Waals surface area contributed by atoms with Crippen LogP contribution in [0.4, 0.5) is 10.8 Å². The lowest BCUT2D eigenvalue weighted by molar-refractivity contribution is -0.118. The molecule has 6 nitrogen and oxygen atoms in total. The summed E-state index contributed by atoms with van der Waals surface area (Å²) in [7, 11) is 1.58. The second-order valence-electron chi connectivity index (χ2n) is 6.78. The van der Waals surface area contributed by atoms with E-state index in [0.29, 0.717) is 22.1 Å². The van der Waals surface area contributed by atoms with Crippen LogP contribution in [-0.4, -0.2) is 30.5 Å². The third-order valence-corrected chi connectivity index (χ3v) is 5.67. The number of para-hydroxylation sites is 1. The monoisotopic (exact) mass is 407 g/mol. The highest BCUT2D eigenvalue weighted by Crippen LogP contribution is 2.27. The number of hydrogen-bond donors (Lipinski definition) is 1. The molecule has 0 fully saturated rings. The molecular weight excluding hydrogens is 386 g/mol. The average molecular weight is 407 g/mol. The van der Waals surface area contributed by atoms with E-state index in [4.69, 9.17) is 4.74 Å². The summed E-state index contributed by atoms with van der Waals surface area (Å²) >= 11 is 1.32. The fourth-order valence-corrected chi connectivity index (χ4v) is 4.11. The second kappa shape index (κ2) is 8.45. The normalized spacial score (nSPS) is 12.9. The molecule has 2 amide bonds. The van der Waals surface area contributed by atoms with Crippen molar-refractivity contribution in [2.75, 3.05) is 23.9 Å². The van der Waals surface area contributed by atoms with Crippen LogP contribution in [0.5, 0.6) is 5.75 Å². The summed E-state index contributed by atoms with van der Waals surface area (Å²) in [5.41, 5.74) is 3.38. The van der Waals surface area contributed by atoms with Crippen molar-refractivity contribution in [2.24, 2.45) is 0 Å². The lowest BCUT2D eigenvalue weighted by Gasteiger charge is -2.29. The summed E-state index contributed by atoms with van der Waals surface area (Å²) in [6.45, 7) is 0.723. The molecular formula is C22H21N3O3S. The van der Waals surface area contributed by atoms with Gasteiger partial charge < -0.3 is 9.64 Å². The maximum atomic E-state index is 12.8. The topological polar surface area (TPSA) is 71.5 Å². The Morgan fingerprint density at radius 3 is 2.76 bits per heavy atom. The molecule has 4 rings (SSSR count). The number of thiazole rings is 1. The Kier molecular flexibility index (Phi) is 5.57. The van der Waals surface area contributed by atoms with Gasteiger partial charge in [-0.25, -0.2) is 4.98 Å². The molecule has 3 aromatic rings. The van der Waals surface area contributed by atoms with Gasteiger partial charge in [0.15, 0.2) is 5.13 Å². The molecule has 0 radical (unpaired) electrons. The van der Waals surface area contributed by atoms with Crippen molar-refractivity contribution >= 4 is 34.0 Å². The SMILES string of the molecule is COc1ccc(C(=O)Nc2nc(CC(=O)N3CCCc4ccccc43)cs2)cc1. The predicted octanol–water partition coefficient (Wildman–Crippen LogP) is 3.93. The molecule has 0 aliphatic carbocycles. The van der Waals surface area contributed by atoms with Gasteiger partial charge in [0.25, 0.3) is 5.91 Å². The number of benzene rings is 2. The number of carbonyl (C=O) groups is 2. The maximum absolute atomic E-state index is 12.8. The van der Waals surface area contributed by atoms with Crippen LogP contribution in [0.25, 0.3) is 0 Å². The smallest absolute Gasteiger partial charge is 0.257 e. The zero-order chi connectivity index (χ0) is 20.2. The highest BCUT2D eigenvalue weighted by molar-refractivity contribution is 7.14. The Balaban J connectivity index is 1.40. The number of fused-ring (bicyclic) bond motifs is 1. The zero-order valence-corrected chi connectivity index (χ0v) is 16.9. The summed E-state index contributed by atoms with van der Waals surface area (Å²) < 4.78 is 5.10. The largest absolute Gasteiger partial charge is 0.497 e. The van der Waals surface area contributed by atoms with Crippen LogP contribution >= 0.6 is 11.3 Å². The number of nitrogens with zero attached hydrogens (tertiary/aromatic N) is 2. The molecule has 0 spiro atoms. The van der Waals surface area contributed by atoms with Gasteiger partial charge in [0, 0.05) is 23.2 Å². The van der Waals surface area contributed by atoms with Crippen molar-refractivity contribution in [1.82, 2.24) is 4.98 Å². The van der Waals surface area contributed by atoms with Crippen molar-refractivity contribution in [3.63, 3.8) is 0 Å². The van der Waals surface area contributed by atoms with E-state index in [-0.39, 0.29) is 18.2 Å². The summed E-state index contributed by atoms with van der Waals surface area (Å²) in [6, 6.07) is 14.9. The van der Waals surface area contributed by atoms with E-state index in [1.54, 1.807) is 31.4 Å². The molecule has 0 saturated carbocycles. The van der Waals surface area contributed by atoms with E-state index in [0.717, 1.165) is 25.1 Å². The van der Waals surface area contributed by atoms with Gasteiger partial charge in [-0.2, -0.15) is 0 Å². The van der Waals surface area contributed by atoms with Gasteiger partial charge in [0.2, 0.25) is 5.91 Å². The first kappa shape index (κ1) is 19.1. The van der Waals surface area contributed by atoms with Crippen molar-refractivity contribution in [3.8, 4) is 5.75 Å². The number of anilines is 2. The van der Waals surface area contributed by atoms with Crippen LogP contribution in [-0.2, 0) is 17.6 Å². The first-order valence-corrected chi connectivity index (χ1v) is 10.3. The molecule has 0 saturated heterocycles. The molecule has 1 aliphatic heterocycles. The third kappa shape index (κ3) is 4.30. The number of aromatic nitrogens is 1. The summed E-state index contributed by atoms with van der Waals surface area (Å²) in [4.78, 5) is 31.5. The molecule has 0 bridgehead atoms. The fourth-order valence-electron chi connectivity index (χ4n) is 3.40. The van der Waals surface area contributed by atoms with E-state index in [2.05, 4.69) is 16.4 Å². The van der Waals surface area contributed by atoms with Crippen LogP contribution in [0, 0.1) is 0 Å². The Bertz CT molecular complexity index is 1030. The van der Waals surface area contributed by atoms with Crippen molar-refractivity contribution in [1.29, 1.82) is 0 Å². The predicted molar refractivity (Wildman–Crippen MR) is 114 cm³/mol. The summed E-state index contributed by atoms with van der Waals surface area (Å²) in [6.07, 6.45) is 2.17. The molecule has 1 N–H and O–H groups in total.